The lowest BCUT2D eigenvalue weighted by atomic mass is 10.1. The van der Waals surface area contributed by atoms with Crippen molar-refractivity contribution in [3.05, 3.63) is 78.4 Å². The number of anilines is 2. The molecule has 0 aliphatic rings. The fourth-order valence-electron chi connectivity index (χ4n) is 2.85. The monoisotopic (exact) mass is 388 g/mol. The Hall–Kier alpha value is -3.60. The van der Waals surface area contributed by atoms with Crippen LogP contribution >= 0.6 is 0 Å². The number of ether oxygens (including phenoxy) is 1. The lowest BCUT2D eigenvalue weighted by Crippen LogP contribution is -2.21. The van der Waals surface area contributed by atoms with Crippen molar-refractivity contribution in [3.8, 4) is 16.9 Å². The maximum atomic E-state index is 12.3. The van der Waals surface area contributed by atoms with Gasteiger partial charge in [-0.3, -0.25) is 9.59 Å². The maximum absolute atomic E-state index is 12.3. The first-order valence-corrected chi connectivity index (χ1v) is 9.54. The molecule has 0 aliphatic heterocycles. The molecule has 2 amide bonds. The average molecular weight is 388 g/mol. The molecule has 0 aliphatic carbocycles. The minimum atomic E-state index is -0.265. The van der Waals surface area contributed by atoms with Crippen molar-refractivity contribution in [2.75, 3.05) is 17.2 Å². The summed E-state index contributed by atoms with van der Waals surface area (Å²) in [5.74, 6) is 0.290. The van der Waals surface area contributed by atoms with E-state index >= 15 is 0 Å². The van der Waals surface area contributed by atoms with E-state index in [1.807, 2.05) is 67.6 Å². The van der Waals surface area contributed by atoms with Crippen LogP contribution < -0.4 is 15.4 Å². The van der Waals surface area contributed by atoms with Gasteiger partial charge in [0.25, 0.3) is 5.91 Å². The smallest absolute Gasteiger partial charge is 0.262 e. The Morgan fingerprint density at radius 1 is 0.759 bits per heavy atom. The van der Waals surface area contributed by atoms with Crippen LogP contribution in [0.3, 0.4) is 0 Å². The molecule has 0 heterocycles. The zero-order chi connectivity index (χ0) is 20.6. The second kappa shape index (κ2) is 9.55. The third-order valence-corrected chi connectivity index (χ3v) is 4.53. The number of rotatable bonds is 7. The van der Waals surface area contributed by atoms with E-state index in [0.717, 1.165) is 16.7 Å². The van der Waals surface area contributed by atoms with Crippen molar-refractivity contribution in [2.24, 2.45) is 0 Å². The van der Waals surface area contributed by atoms with Crippen LogP contribution in [-0.4, -0.2) is 18.4 Å². The average Bonchev–Trinajstić information content (AvgIpc) is 2.76. The summed E-state index contributed by atoms with van der Waals surface area (Å²) in [4.78, 5) is 23.9. The van der Waals surface area contributed by atoms with Crippen molar-refractivity contribution in [2.45, 2.75) is 20.3 Å². The van der Waals surface area contributed by atoms with Gasteiger partial charge in [-0.2, -0.15) is 0 Å². The highest BCUT2D eigenvalue weighted by Crippen LogP contribution is 2.24. The summed E-state index contributed by atoms with van der Waals surface area (Å²) in [6.07, 6.45) is 0.396. The number of hydrogen-bond acceptors (Lipinski definition) is 3. The molecule has 5 heteroatoms. The van der Waals surface area contributed by atoms with Crippen molar-refractivity contribution in [1.82, 2.24) is 0 Å². The van der Waals surface area contributed by atoms with Gasteiger partial charge < -0.3 is 15.4 Å². The van der Waals surface area contributed by atoms with E-state index in [1.165, 1.54) is 0 Å². The highest BCUT2D eigenvalue weighted by atomic mass is 16.5. The quantitative estimate of drug-likeness (QED) is 0.597. The van der Waals surface area contributed by atoms with Gasteiger partial charge >= 0.3 is 0 Å². The zero-order valence-corrected chi connectivity index (χ0v) is 16.6. The fourth-order valence-corrected chi connectivity index (χ4v) is 2.85. The summed E-state index contributed by atoms with van der Waals surface area (Å²) in [5, 5.41) is 5.66. The first-order chi connectivity index (χ1) is 14.1. The lowest BCUT2D eigenvalue weighted by Gasteiger charge is -2.13. The van der Waals surface area contributed by atoms with Gasteiger partial charge in [0.15, 0.2) is 6.61 Å². The highest BCUT2D eigenvalue weighted by molar-refractivity contribution is 5.96. The minimum absolute atomic E-state index is 0.0705. The first-order valence-electron chi connectivity index (χ1n) is 9.54. The van der Waals surface area contributed by atoms with E-state index in [-0.39, 0.29) is 18.4 Å². The standard InChI is InChI=1S/C24H24N2O3/c1-3-23(27)25-21-10-7-11-22(17(21)2)26-24(28)16-29-20-14-12-19(13-15-20)18-8-5-4-6-9-18/h4-15H,3,16H2,1-2H3,(H,25,27)(H,26,28). The van der Waals surface area contributed by atoms with Gasteiger partial charge in [0.1, 0.15) is 5.75 Å². The normalized spacial score (nSPS) is 10.3. The molecule has 0 fully saturated rings. The number of hydrogen-bond donors (Lipinski definition) is 2. The second-order valence-corrected chi connectivity index (χ2v) is 6.61. The molecule has 0 unspecified atom stereocenters. The van der Waals surface area contributed by atoms with Gasteiger partial charge in [-0.05, 0) is 47.9 Å². The molecular formula is C24H24N2O3. The van der Waals surface area contributed by atoms with Crippen molar-refractivity contribution < 1.29 is 14.3 Å². The molecule has 0 saturated carbocycles. The molecule has 0 radical (unpaired) electrons. The predicted molar refractivity (Wildman–Crippen MR) is 116 cm³/mol. The molecule has 3 rings (SSSR count). The largest absolute Gasteiger partial charge is 0.484 e. The Kier molecular flexibility index (Phi) is 6.63. The van der Waals surface area contributed by atoms with Crippen LogP contribution in [0.15, 0.2) is 72.8 Å². The van der Waals surface area contributed by atoms with Gasteiger partial charge in [0, 0.05) is 17.8 Å². The van der Waals surface area contributed by atoms with Gasteiger partial charge in [-0.1, -0.05) is 55.5 Å². The van der Waals surface area contributed by atoms with Gasteiger partial charge in [-0.25, -0.2) is 0 Å². The Morgan fingerprint density at radius 3 is 1.97 bits per heavy atom. The maximum Gasteiger partial charge on any atom is 0.262 e. The predicted octanol–water partition coefficient (Wildman–Crippen LogP) is 5.03. The van der Waals surface area contributed by atoms with E-state index < -0.39 is 0 Å². The summed E-state index contributed by atoms with van der Waals surface area (Å²) >= 11 is 0. The van der Waals surface area contributed by atoms with Gasteiger partial charge in [-0.15, -0.1) is 0 Å². The summed E-state index contributed by atoms with van der Waals surface area (Å²) in [7, 11) is 0. The summed E-state index contributed by atoms with van der Waals surface area (Å²) in [5.41, 5.74) is 4.35. The summed E-state index contributed by atoms with van der Waals surface area (Å²) in [6.45, 7) is 3.54. The molecule has 0 saturated heterocycles. The molecule has 0 bridgehead atoms. The fraction of sp³-hybridized carbons (Fsp3) is 0.167. The Balaban J connectivity index is 1.58. The van der Waals surface area contributed by atoms with Crippen LogP contribution in [-0.2, 0) is 9.59 Å². The minimum Gasteiger partial charge on any atom is -0.484 e. The van der Waals surface area contributed by atoms with Crippen LogP contribution in [0.4, 0.5) is 11.4 Å². The van der Waals surface area contributed by atoms with Crippen LogP contribution in [0.1, 0.15) is 18.9 Å². The van der Waals surface area contributed by atoms with E-state index in [0.29, 0.717) is 23.5 Å². The number of carbonyl (C=O) groups excluding carboxylic acids is 2. The molecule has 0 spiro atoms. The molecule has 3 aromatic carbocycles. The molecular weight excluding hydrogens is 364 g/mol. The Bertz CT molecular complexity index is 983. The van der Waals surface area contributed by atoms with E-state index in [2.05, 4.69) is 10.6 Å². The summed E-state index contributed by atoms with van der Waals surface area (Å²) < 4.78 is 5.60. The number of carbonyl (C=O) groups is 2. The van der Waals surface area contributed by atoms with Crippen LogP contribution in [0.5, 0.6) is 5.75 Å². The molecule has 148 valence electrons. The van der Waals surface area contributed by atoms with Crippen molar-refractivity contribution >= 4 is 23.2 Å². The molecule has 29 heavy (non-hydrogen) atoms. The Labute approximate surface area is 170 Å². The molecule has 5 nitrogen and oxygen atoms in total. The highest BCUT2D eigenvalue weighted by Gasteiger charge is 2.10. The third kappa shape index (κ3) is 5.45. The summed E-state index contributed by atoms with van der Waals surface area (Å²) in [6, 6.07) is 23.1. The Morgan fingerprint density at radius 2 is 1.34 bits per heavy atom. The number of nitrogens with one attached hydrogen (secondary N) is 2. The molecule has 0 aromatic heterocycles. The molecule has 0 atom stereocenters. The van der Waals surface area contributed by atoms with Crippen molar-refractivity contribution in [3.63, 3.8) is 0 Å². The van der Waals surface area contributed by atoms with Crippen molar-refractivity contribution in [1.29, 1.82) is 0 Å². The van der Waals surface area contributed by atoms with E-state index in [4.69, 9.17) is 4.74 Å². The van der Waals surface area contributed by atoms with Crippen LogP contribution in [0.2, 0.25) is 0 Å². The zero-order valence-electron chi connectivity index (χ0n) is 16.6. The van der Waals surface area contributed by atoms with Gasteiger partial charge in [0.05, 0.1) is 0 Å². The van der Waals surface area contributed by atoms with E-state index in [9.17, 15) is 9.59 Å². The number of amides is 2. The topological polar surface area (TPSA) is 67.4 Å². The van der Waals surface area contributed by atoms with E-state index in [1.54, 1.807) is 19.1 Å². The molecule has 2 N–H and O–H groups in total. The first kappa shape index (κ1) is 20.1. The van der Waals surface area contributed by atoms with Crippen LogP contribution in [0.25, 0.3) is 11.1 Å². The number of benzene rings is 3. The second-order valence-electron chi connectivity index (χ2n) is 6.61. The SMILES string of the molecule is CCC(=O)Nc1cccc(NC(=O)COc2ccc(-c3ccccc3)cc2)c1C. The van der Waals surface area contributed by atoms with Crippen LogP contribution in [0, 0.1) is 6.92 Å². The third-order valence-electron chi connectivity index (χ3n) is 4.53. The van der Waals surface area contributed by atoms with Gasteiger partial charge in [0.2, 0.25) is 5.91 Å². The molecule has 3 aromatic rings. The lowest BCUT2D eigenvalue weighted by molar-refractivity contribution is -0.118.